The lowest BCUT2D eigenvalue weighted by atomic mass is 10.1. The zero-order chi connectivity index (χ0) is 21.6. The molecule has 2 N–H and O–H groups in total. The van der Waals surface area contributed by atoms with Gasteiger partial charge in [0.15, 0.2) is 17.2 Å². The van der Waals surface area contributed by atoms with Crippen molar-refractivity contribution >= 4 is 23.0 Å². The smallest absolute Gasteiger partial charge is 0.320 e. The van der Waals surface area contributed by atoms with Gasteiger partial charge in [-0.15, -0.1) is 0 Å². The maximum absolute atomic E-state index is 14.6. The van der Waals surface area contributed by atoms with Crippen LogP contribution < -0.4 is 15.4 Å². The van der Waals surface area contributed by atoms with E-state index >= 15 is 0 Å². The maximum atomic E-state index is 14.6. The summed E-state index contributed by atoms with van der Waals surface area (Å²) in [5.41, 5.74) is 2.87. The van der Waals surface area contributed by atoms with Gasteiger partial charge < -0.3 is 10.1 Å². The molecule has 0 spiro atoms. The lowest BCUT2D eigenvalue weighted by Crippen LogP contribution is -2.28. The molecule has 31 heavy (non-hydrogen) atoms. The van der Waals surface area contributed by atoms with Crippen LogP contribution >= 0.6 is 0 Å². The quantitative estimate of drug-likeness (QED) is 0.480. The van der Waals surface area contributed by atoms with Gasteiger partial charge in [0.2, 0.25) is 0 Å². The summed E-state index contributed by atoms with van der Waals surface area (Å²) in [4.78, 5) is 24.8. The fourth-order valence-corrected chi connectivity index (χ4v) is 2.94. The minimum absolute atomic E-state index is 0.160. The van der Waals surface area contributed by atoms with Gasteiger partial charge in [-0.2, -0.15) is 0 Å². The summed E-state index contributed by atoms with van der Waals surface area (Å²) < 4.78 is 20.2. The van der Waals surface area contributed by atoms with Crippen molar-refractivity contribution in [1.29, 1.82) is 0 Å². The second-order valence-electron chi connectivity index (χ2n) is 6.70. The van der Waals surface area contributed by atoms with E-state index < -0.39 is 5.82 Å². The van der Waals surface area contributed by atoms with Gasteiger partial charge in [0.25, 0.3) is 0 Å². The number of ether oxygens (including phenoxy) is 1. The number of halogens is 1. The Hall–Kier alpha value is -4.07. The van der Waals surface area contributed by atoms with Crippen LogP contribution in [0.3, 0.4) is 0 Å². The minimum Gasteiger partial charge on any atom is -0.486 e. The van der Waals surface area contributed by atoms with Gasteiger partial charge >= 0.3 is 6.03 Å². The second kappa shape index (κ2) is 9.17. The van der Waals surface area contributed by atoms with Crippen molar-refractivity contribution < 1.29 is 13.9 Å². The number of urea groups is 1. The molecule has 2 aromatic heterocycles. The molecule has 4 aromatic rings. The van der Waals surface area contributed by atoms with Gasteiger partial charge in [-0.25, -0.2) is 19.2 Å². The van der Waals surface area contributed by atoms with Crippen LogP contribution in [0.25, 0.3) is 22.4 Å². The minimum atomic E-state index is -0.491. The molecule has 4 rings (SSSR count). The zero-order valence-electron chi connectivity index (χ0n) is 16.8. The molecule has 0 saturated heterocycles. The van der Waals surface area contributed by atoms with Crippen LogP contribution in [0.5, 0.6) is 5.75 Å². The third-order valence-electron chi connectivity index (χ3n) is 4.45. The number of anilines is 1. The average molecular weight is 417 g/mol. The summed E-state index contributed by atoms with van der Waals surface area (Å²) in [6.45, 7) is 2.60. The van der Waals surface area contributed by atoms with Crippen LogP contribution in [0.15, 0.2) is 66.9 Å². The molecule has 2 aromatic carbocycles. The third-order valence-corrected chi connectivity index (χ3v) is 4.45. The van der Waals surface area contributed by atoms with Gasteiger partial charge in [-0.1, -0.05) is 30.3 Å². The number of hydrogen-bond donors (Lipinski definition) is 2. The predicted molar refractivity (Wildman–Crippen MR) is 116 cm³/mol. The summed E-state index contributed by atoms with van der Waals surface area (Å²) in [5.74, 6) is 0.0172. The third kappa shape index (κ3) is 4.92. The molecule has 0 aliphatic carbocycles. The highest BCUT2D eigenvalue weighted by molar-refractivity contribution is 5.89. The molecule has 0 radical (unpaired) electrons. The monoisotopic (exact) mass is 417 g/mol. The van der Waals surface area contributed by atoms with E-state index in [1.165, 1.54) is 6.07 Å². The van der Waals surface area contributed by atoms with E-state index in [4.69, 9.17) is 4.74 Å². The van der Waals surface area contributed by atoms with Crippen molar-refractivity contribution in [3.05, 3.63) is 78.2 Å². The van der Waals surface area contributed by atoms with Crippen LogP contribution in [0.1, 0.15) is 12.5 Å². The maximum Gasteiger partial charge on any atom is 0.320 e. The highest BCUT2D eigenvalue weighted by Crippen LogP contribution is 2.26. The number of aromatic nitrogens is 3. The van der Waals surface area contributed by atoms with Crippen LogP contribution in [0, 0.1) is 5.82 Å². The first-order valence-corrected chi connectivity index (χ1v) is 9.77. The summed E-state index contributed by atoms with van der Waals surface area (Å²) >= 11 is 0. The van der Waals surface area contributed by atoms with Crippen molar-refractivity contribution in [3.8, 4) is 17.0 Å². The Kier molecular flexibility index (Phi) is 5.98. The average Bonchev–Trinajstić information content (AvgIpc) is 2.78. The van der Waals surface area contributed by atoms with E-state index in [0.717, 1.165) is 5.56 Å². The number of carbonyl (C=O) groups excluding carboxylic acids is 1. The Morgan fingerprint density at radius 2 is 1.90 bits per heavy atom. The molecular formula is C23H20FN5O2. The second-order valence-corrected chi connectivity index (χ2v) is 6.70. The number of carbonyl (C=O) groups is 1. The molecule has 8 heteroatoms. The van der Waals surface area contributed by atoms with Crippen molar-refractivity contribution in [1.82, 2.24) is 20.3 Å². The number of pyridine rings is 1. The van der Waals surface area contributed by atoms with Gasteiger partial charge in [0, 0.05) is 12.1 Å². The molecule has 0 atom stereocenters. The first kappa shape index (κ1) is 20.2. The molecule has 2 amide bonds. The van der Waals surface area contributed by atoms with Gasteiger partial charge in [0.1, 0.15) is 17.9 Å². The molecule has 0 aliphatic heterocycles. The highest BCUT2D eigenvalue weighted by Gasteiger charge is 2.10. The number of nitrogens with zero attached hydrogens (tertiary/aromatic N) is 3. The lowest BCUT2D eigenvalue weighted by Gasteiger charge is -2.09. The van der Waals surface area contributed by atoms with Gasteiger partial charge in [-0.05, 0) is 42.8 Å². The van der Waals surface area contributed by atoms with Crippen molar-refractivity contribution in [2.24, 2.45) is 0 Å². The fraction of sp³-hybridized carbons (Fsp3) is 0.130. The SMILES string of the molecule is CCNC(=O)Nc1ccc2ncc(-c3ccc(OCc4ccccc4)c(F)c3)nc2n1. The van der Waals surface area contributed by atoms with Crippen molar-refractivity contribution in [2.75, 3.05) is 11.9 Å². The number of hydrogen-bond acceptors (Lipinski definition) is 5. The number of fused-ring (bicyclic) bond motifs is 1. The van der Waals surface area contributed by atoms with E-state index in [1.54, 1.807) is 30.5 Å². The Balaban J connectivity index is 1.54. The predicted octanol–water partition coefficient (Wildman–Crippen LogP) is 4.55. The highest BCUT2D eigenvalue weighted by atomic mass is 19.1. The molecular weight excluding hydrogens is 397 g/mol. The Morgan fingerprint density at radius 1 is 1.06 bits per heavy atom. The van der Waals surface area contributed by atoms with E-state index in [0.29, 0.717) is 34.8 Å². The molecule has 2 heterocycles. The number of rotatable bonds is 6. The number of benzene rings is 2. The number of nitrogens with one attached hydrogen (secondary N) is 2. The zero-order valence-corrected chi connectivity index (χ0v) is 16.8. The summed E-state index contributed by atoms with van der Waals surface area (Å²) in [6, 6.07) is 17.2. The van der Waals surface area contributed by atoms with Crippen LogP contribution in [0.4, 0.5) is 15.0 Å². The first-order chi connectivity index (χ1) is 15.1. The van der Waals surface area contributed by atoms with Gasteiger partial charge in [0.05, 0.1) is 11.9 Å². The summed E-state index contributed by atoms with van der Waals surface area (Å²) in [5, 5.41) is 5.26. The topological polar surface area (TPSA) is 89.0 Å². The van der Waals surface area contributed by atoms with E-state index in [-0.39, 0.29) is 18.4 Å². The lowest BCUT2D eigenvalue weighted by molar-refractivity contribution is 0.252. The largest absolute Gasteiger partial charge is 0.486 e. The molecule has 0 bridgehead atoms. The Morgan fingerprint density at radius 3 is 2.68 bits per heavy atom. The Labute approximate surface area is 178 Å². The first-order valence-electron chi connectivity index (χ1n) is 9.77. The van der Waals surface area contributed by atoms with Crippen LogP contribution in [0.2, 0.25) is 0 Å². The van der Waals surface area contributed by atoms with Crippen LogP contribution in [-0.4, -0.2) is 27.5 Å². The van der Waals surface area contributed by atoms with E-state index in [1.807, 2.05) is 37.3 Å². The van der Waals surface area contributed by atoms with Crippen molar-refractivity contribution in [3.63, 3.8) is 0 Å². The normalized spacial score (nSPS) is 10.6. The Bertz CT molecular complexity index is 1220. The standard InChI is InChI=1S/C23H20FN5O2/c1-2-25-23(30)29-21-11-9-18-22(28-21)27-19(13-26-18)16-8-10-20(17(24)12-16)31-14-15-6-4-3-5-7-15/h3-13H,2,14H2,1H3,(H2,25,27,28,29,30). The molecule has 0 saturated carbocycles. The number of amides is 2. The fourth-order valence-electron chi connectivity index (χ4n) is 2.94. The molecule has 0 fully saturated rings. The van der Waals surface area contributed by atoms with E-state index in [9.17, 15) is 9.18 Å². The molecule has 0 aliphatic rings. The molecule has 156 valence electrons. The summed E-state index contributed by atoms with van der Waals surface area (Å²) in [7, 11) is 0. The van der Waals surface area contributed by atoms with Crippen molar-refractivity contribution in [2.45, 2.75) is 13.5 Å². The van der Waals surface area contributed by atoms with Crippen LogP contribution in [-0.2, 0) is 6.61 Å². The molecule has 0 unspecified atom stereocenters. The van der Waals surface area contributed by atoms with E-state index in [2.05, 4.69) is 25.6 Å². The molecule has 7 nitrogen and oxygen atoms in total. The van der Waals surface area contributed by atoms with Gasteiger partial charge in [-0.3, -0.25) is 10.3 Å². The summed E-state index contributed by atoms with van der Waals surface area (Å²) in [6.07, 6.45) is 1.56.